The van der Waals surface area contributed by atoms with Crippen LogP contribution < -0.4 is 25.2 Å². The quantitative estimate of drug-likeness (QED) is 0.339. The molecule has 0 aliphatic carbocycles. The van der Waals surface area contributed by atoms with Crippen LogP contribution in [-0.2, 0) is 6.54 Å². The van der Waals surface area contributed by atoms with Gasteiger partial charge in [0.15, 0.2) is 17.2 Å². The van der Waals surface area contributed by atoms with Crippen LogP contribution in [0.1, 0.15) is 23.7 Å². The third-order valence-electron chi connectivity index (χ3n) is 6.56. The Morgan fingerprint density at radius 2 is 1.92 bits per heavy atom. The second-order valence-corrected chi connectivity index (χ2v) is 9.32. The third-order valence-corrected chi connectivity index (χ3v) is 6.96. The molecule has 0 radical (unpaired) electrons. The molecule has 1 aliphatic rings. The van der Waals surface area contributed by atoms with Gasteiger partial charge in [-0.1, -0.05) is 23.7 Å². The van der Waals surface area contributed by atoms with Gasteiger partial charge < -0.3 is 25.2 Å². The Morgan fingerprint density at radius 1 is 1.15 bits per heavy atom. The number of ether oxygens (including phenoxy) is 1. The van der Waals surface area contributed by atoms with Crippen LogP contribution in [0.15, 0.2) is 42.6 Å². The zero-order valence-corrected chi connectivity index (χ0v) is 22.4. The molecule has 1 fully saturated rings. The highest BCUT2D eigenvalue weighted by atomic mass is 35.5. The van der Waals surface area contributed by atoms with Crippen molar-refractivity contribution in [3.8, 4) is 17.9 Å². The molecule has 2 aromatic carbocycles. The summed E-state index contributed by atoms with van der Waals surface area (Å²) in [6, 6.07) is 15.6. The molecule has 11 nitrogen and oxygen atoms in total. The molecule has 1 saturated heterocycles. The first-order valence-electron chi connectivity index (χ1n) is 12.5. The smallest absolute Gasteiger partial charge is 0.247 e. The minimum Gasteiger partial charge on any atom is -0.497 e. The maximum atomic E-state index is 9.70. The summed E-state index contributed by atoms with van der Waals surface area (Å²) in [7, 11) is 1.63. The molecule has 0 saturated carbocycles. The number of fused-ring (bicyclic) bond motifs is 1. The highest BCUT2D eigenvalue weighted by molar-refractivity contribution is 6.36. The highest BCUT2D eigenvalue weighted by Crippen LogP contribution is 2.36. The first kappa shape index (κ1) is 26.0. The Hall–Kier alpha value is -4.58. The van der Waals surface area contributed by atoms with E-state index < -0.39 is 0 Å². The molecular weight excluding hydrogens is 516 g/mol. The van der Waals surface area contributed by atoms with Gasteiger partial charge in [-0.3, -0.25) is 0 Å². The Bertz CT molecular complexity index is 1560. The standard InChI is InChI=1S/C27H27ClN10O/c1-3-36(17-18-4-6-21(39-2)7-5-18)26-25-32-16-20(15-30)38(25)35-27(34-26)33-22-12-19(14-29)13-23(24(22)28)37-10-8-31-9-11-37/h4-7,12-13,16,31H,3,8-11,17H2,1-2H3,(H,33,35). The molecule has 0 unspecified atom stereocenters. The minimum absolute atomic E-state index is 0.225. The van der Waals surface area contributed by atoms with Crippen LogP contribution in [0.4, 0.5) is 23.1 Å². The van der Waals surface area contributed by atoms with Crippen LogP contribution in [0.3, 0.4) is 0 Å². The number of rotatable bonds is 8. The second kappa shape index (κ2) is 11.4. The molecule has 198 valence electrons. The van der Waals surface area contributed by atoms with Gasteiger partial charge in [0.1, 0.15) is 11.8 Å². The van der Waals surface area contributed by atoms with E-state index in [2.05, 4.69) is 42.7 Å². The van der Waals surface area contributed by atoms with Crippen LogP contribution >= 0.6 is 11.6 Å². The average molecular weight is 543 g/mol. The van der Waals surface area contributed by atoms with E-state index in [0.29, 0.717) is 40.8 Å². The van der Waals surface area contributed by atoms with Crippen molar-refractivity contribution in [2.24, 2.45) is 0 Å². The van der Waals surface area contributed by atoms with Gasteiger partial charge in [0.25, 0.3) is 0 Å². The molecular formula is C27H27ClN10O. The Kier molecular flexibility index (Phi) is 7.64. The molecule has 4 aromatic rings. The minimum atomic E-state index is 0.225. The summed E-state index contributed by atoms with van der Waals surface area (Å²) in [6.07, 6.45) is 1.48. The fourth-order valence-corrected chi connectivity index (χ4v) is 4.79. The van der Waals surface area contributed by atoms with E-state index in [1.807, 2.05) is 31.2 Å². The number of nitrogens with one attached hydrogen (secondary N) is 2. The van der Waals surface area contributed by atoms with Crippen LogP contribution in [0.25, 0.3) is 5.65 Å². The number of halogens is 1. The molecule has 2 N–H and O–H groups in total. The van der Waals surface area contributed by atoms with Gasteiger partial charge in [0, 0.05) is 39.3 Å². The molecule has 0 spiro atoms. The zero-order chi connectivity index (χ0) is 27.4. The zero-order valence-electron chi connectivity index (χ0n) is 21.6. The van der Waals surface area contributed by atoms with E-state index in [1.54, 1.807) is 19.2 Å². The van der Waals surface area contributed by atoms with Crippen molar-refractivity contribution in [2.75, 3.05) is 55.0 Å². The van der Waals surface area contributed by atoms with E-state index in [4.69, 9.17) is 21.3 Å². The van der Waals surface area contributed by atoms with E-state index in [0.717, 1.165) is 43.2 Å². The highest BCUT2D eigenvalue weighted by Gasteiger charge is 2.21. The van der Waals surface area contributed by atoms with Crippen molar-refractivity contribution in [1.82, 2.24) is 24.9 Å². The van der Waals surface area contributed by atoms with E-state index >= 15 is 0 Å². The number of piperazine rings is 1. The molecule has 3 heterocycles. The topological polar surface area (TPSA) is 130 Å². The number of imidazole rings is 1. The fourth-order valence-electron chi connectivity index (χ4n) is 4.52. The molecule has 1 aliphatic heterocycles. The van der Waals surface area contributed by atoms with Gasteiger partial charge in [-0.15, -0.1) is 5.10 Å². The lowest BCUT2D eigenvalue weighted by Crippen LogP contribution is -2.43. The molecule has 2 aromatic heterocycles. The molecule has 12 heteroatoms. The van der Waals surface area contributed by atoms with Crippen LogP contribution in [0, 0.1) is 22.7 Å². The van der Waals surface area contributed by atoms with Crippen molar-refractivity contribution in [2.45, 2.75) is 13.5 Å². The Balaban J connectivity index is 1.55. The van der Waals surface area contributed by atoms with E-state index in [-0.39, 0.29) is 11.6 Å². The molecule has 0 bridgehead atoms. The van der Waals surface area contributed by atoms with Gasteiger partial charge in [-0.05, 0) is 36.8 Å². The molecule has 5 rings (SSSR count). The largest absolute Gasteiger partial charge is 0.497 e. The molecule has 0 amide bonds. The third kappa shape index (κ3) is 5.36. The summed E-state index contributed by atoms with van der Waals surface area (Å²) in [6.45, 7) is 6.42. The summed E-state index contributed by atoms with van der Waals surface area (Å²) in [5.74, 6) is 1.56. The summed E-state index contributed by atoms with van der Waals surface area (Å²) >= 11 is 6.86. The van der Waals surface area contributed by atoms with Crippen molar-refractivity contribution in [1.29, 1.82) is 10.5 Å². The van der Waals surface area contributed by atoms with Gasteiger partial charge in [-0.25, -0.2) is 4.98 Å². The number of nitriles is 2. The first-order chi connectivity index (χ1) is 19.0. The summed E-state index contributed by atoms with van der Waals surface area (Å²) in [4.78, 5) is 13.4. The van der Waals surface area contributed by atoms with Crippen molar-refractivity contribution < 1.29 is 4.74 Å². The normalized spacial score (nSPS) is 13.1. The van der Waals surface area contributed by atoms with E-state index in [9.17, 15) is 10.5 Å². The predicted octanol–water partition coefficient (Wildman–Crippen LogP) is 3.71. The number of anilines is 4. The Morgan fingerprint density at radius 3 is 2.59 bits per heavy atom. The lowest BCUT2D eigenvalue weighted by atomic mass is 10.1. The fraction of sp³-hybridized carbons (Fsp3) is 0.296. The SMILES string of the molecule is CCN(Cc1ccc(OC)cc1)c1nc(Nc2cc(C#N)cc(N3CCNCC3)c2Cl)nn2c(C#N)cnc12. The molecule has 39 heavy (non-hydrogen) atoms. The van der Waals surface area contributed by atoms with Crippen molar-refractivity contribution >= 4 is 40.4 Å². The van der Waals surface area contributed by atoms with Gasteiger partial charge in [-0.2, -0.15) is 20.0 Å². The Labute approximate surface area is 231 Å². The van der Waals surface area contributed by atoms with Crippen LogP contribution in [0.5, 0.6) is 5.75 Å². The van der Waals surface area contributed by atoms with Crippen molar-refractivity contribution in [3.05, 3.63) is 64.4 Å². The maximum absolute atomic E-state index is 9.70. The number of aromatic nitrogens is 4. The van der Waals surface area contributed by atoms with Gasteiger partial charge in [0.05, 0.1) is 41.3 Å². The van der Waals surface area contributed by atoms with Gasteiger partial charge in [0.2, 0.25) is 5.95 Å². The van der Waals surface area contributed by atoms with Gasteiger partial charge >= 0.3 is 0 Å². The first-order valence-corrected chi connectivity index (χ1v) is 12.9. The number of hydrogen-bond acceptors (Lipinski definition) is 10. The monoisotopic (exact) mass is 542 g/mol. The number of hydrogen-bond donors (Lipinski definition) is 2. The van der Waals surface area contributed by atoms with Crippen LogP contribution in [-0.4, -0.2) is 59.4 Å². The lowest BCUT2D eigenvalue weighted by Gasteiger charge is -2.31. The van der Waals surface area contributed by atoms with Crippen LogP contribution in [0.2, 0.25) is 5.02 Å². The molecule has 0 atom stereocenters. The lowest BCUT2D eigenvalue weighted by molar-refractivity contribution is 0.414. The second-order valence-electron chi connectivity index (χ2n) is 8.94. The average Bonchev–Trinajstić information content (AvgIpc) is 3.40. The van der Waals surface area contributed by atoms with E-state index in [1.165, 1.54) is 10.7 Å². The predicted molar refractivity (Wildman–Crippen MR) is 150 cm³/mol. The summed E-state index contributed by atoms with van der Waals surface area (Å²) in [5, 5.41) is 30.9. The number of nitrogens with zero attached hydrogens (tertiary/aromatic N) is 8. The maximum Gasteiger partial charge on any atom is 0.247 e. The number of benzene rings is 2. The summed E-state index contributed by atoms with van der Waals surface area (Å²) in [5.41, 5.74) is 3.54. The summed E-state index contributed by atoms with van der Waals surface area (Å²) < 4.78 is 6.75. The van der Waals surface area contributed by atoms with Crippen molar-refractivity contribution in [3.63, 3.8) is 0 Å². The number of methoxy groups -OCH3 is 1.